The van der Waals surface area contributed by atoms with Gasteiger partial charge in [-0.15, -0.1) is 0 Å². The number of nitrogens with zero attached hydrogens (tertiary/aromatic N) is 2. The maximum absolute atomic E-state index is 12.3. The smallest absolute Gasteiger partial charge is 0.256 e. The van der Waals surface area contributed by atoms with Crippen molar-refractivity contribution in [1.29, 1.82) is 0 Å². The quantitative estimate of drug-likeness (QED) is 0.583. The van der Waals surface area contributed by atoms with Crippen LogP contribution in [0.4, 0.5) is 11.4 Å². The van der Waals surface area contributed by atoms with E-state index in [9.17, 15) is 4.79 Å². The second-order valence-electron chi connectivity index (χ2n) is 6.07. The minimum atomic E-state index is -0.106. The van der Waals surface area contributed by atoms with Crippen LogP contribution in [-0.2, 0) is 0 Å². The topological polar surface area (TPSA) is 45.2 Å². The molecule has 2 heterocycles. The van der Waals surface area contributed by atoms with Crippen molar-refractivity contribution in [3.8, 4) is 11.3 Å². The summed E-state index contributed by atoms with van der Waals surface area (Å²) in [5, 5.41) is 7.81. The Hall–Kier alpha value is -2.92. The standard InChI is InChI=1S/C20H17N3OS/c1-23(2)18-8-4-7-16-15-6-3-5-14(11-17(15)22-19(16)18)21-20(24)13-9-10-25-12-13/h3-12H,1-2H3,(H,21,24). The monoisotopic (exact) mass is 347 g/mol. The van der Waals surface area contributed by atoms with Gasteiger partial charge >= 0.3 is 0 Å². The molecule has 0 saturated carbocycles. The summed E-state index contributed by atoms with van der Waals surface area (Å²) < 4.78 is 0. The Labute approximate surface area is 150 Å². The van der Waals surface area contributed by atoms with E-state index in [-0.39, 0.29) is 5.91 Å². The lowest BCUT2D eigenvalue weighted by atomic mass is 10.1. The van der Waals surface area contributed by atoms with Crippen LogP contribution in [0, 0.1) is 0 Å². The number of carbonyl (C=O) groups excluding carboxylic acids is 1. The van der Waals surface area contributed by atoms with Crippen molar-refractivity contribution in [2.45, 2.75) is 0 Å². The third kappa shape index (κ3) is 2.83. The van der Waals surface area contributed by atoms with Crippen molar-refractivity contribution >= 4 is 39.5 Å². The highest BCUT2D eigenvalue weighted by molar-refractivity contribution is 7.08. The molecule has 1 aliphatic carbocycles. The van der Waals surface area contributed by atoms with Crippen LogP contribution >= 0.6 is 11.3 Å². The van der Waals surface area contributed by atoms with Crippen LogP contribution < -0.4 is 10.2 Å². The number of anilines is 2. The van der Waals surface area contributed by atoms with Gasteiger partial charge in [0.1, 0.15) is 0 Å². The number of hydrogen-bond donors (Lipinski definition) is 1. The predicted octanol–water partition coefficient (Wildman–Crippen LogP) is 4.72. The summed E-state index contributed by atoms with van der Waals surface area (Å²) in [5.41, 5.74) is 5.41. The van der Waals surface area contributed by atoms with Crippen molar-refractivity contribution in [2.75, 3.05) is 24.3 Å². The van der Waals surface area contributed by atoms with E-state index < -0.39 is 0 Å². The number of carbonyl (C=O) groups is 1. The van der Waals surface area contributed by atoms with Crippen LogP contribution in [0.1, 0.15) is 10.4 Å². The Balaban J connectivity index is 1.79. The number of para-hydroxylation sites is 1. The Kier molecular flexibility index (Phi) is 3.86. The minimum absolute atomic E-state index is 0.106. The molecule has 0 spiro atoms. The number of fused-ring (bicyclic) bond motifs is 3. The number of amides is 1. The van der Waals surface area contributed by atoms with Crippen LogP contribution in [0.25, 0.3) is 22.2 Å². The summed E-state index contributed by atoms with van der Waals surface area (Å²) in [6.45, 7) is 0. The van der Waals surface area contributed by atoms with Crippen molar-refractivity contribution < 1.29 is 4.79 Å². The molecule has 1 amide bonds. The van der Waals surface area contributed by atoms with Gasteiger partial charge in [-0.25, -0.2) is 4.98 Å². The van der Waals surface area contributed by atoms with Gasteiger partial charge in [-0.2, -0.15) is 11.3 Å². The average Bonchev–Trinajstić information content (AvgIpc) is 3.19. The van der Waals surface area contributed by atoms with Crippen molar-refractivity contribution in [3.63, 3.8) is 0 Å². The molecule has 4 rings (SSSR count). The van der Waals surface area contributed by atoms with Crippen LogP contribution in [-0.4, -0.2) is 25.0 Å². The van der Waals surface area contributed by atoms with E-state index in [4.69, 9.17) is 4.98 Å². The Morgan fingerprint density at radius 1 is 1.12 bits per heavy atom. The summed E-state index contributed by atoms with van der Waals surface area (Å²) in [4.78, 5) is 19.2. The molecule has 1 N–H and O–H groups in total. The number of hydrogen-bond acceptors (Lipinski definition) is 4. The summed E-state index contributed by atoms with van der Waals surface area (Å²) >= 11 is 1.51. The van der Waals surface area contributed by atoms with Gasteiger partial charge in [-0.05, 0) is 29.6 Å². The molecule has 0 saturated heterocycles. The van der Waals surface area contributed by atoms with Gasteiger partial charge in [0.05, 0.1) is 22.5 Å². The van der Waals surface area contributed by atoms with Crippen molar-refractivity contribution in [1.82, 2.24) is 4.98 Å². The number of rotatable bonds is 3. The zero-order valence-corrected chi connectivity index (χ0v) is 14.8. The molecule has 4 nitrogen and oxygen atoms in total. The Bertz CT molecular complexity index is 1020. The summed E-state index contributed by atoms with van der Waals surface area (Å²) in [5.74, 6) is -0.106. The molecule has 0 fully saturated rings. The first kappa shape index (κ1) is 15.6. The van der Waals surface area contributed by atoms with Gasteiger partial charge in [-0.3, -0.25) is 4.79 Å². The molecular formula is C20H17N3OS. The predicted molar refractivity (Wildman–Crippen MR) is 105 cm³/mol. The fourth-order valence-corrected chi connectivity index (χ4v) is 3.58. The van der Waals surface area contributed by atoms with Gasteiger partial charge in [0.15, 0.2) is 0 Å². The van der Waals surface area contributed by atoms with E-state index >= 15 is 0 Å². The van der Waals surface area contributed by atoms with Crippen LogP contribution in [0.3, 0.4) is 0 Å². The molecule has 0 bridgehead atoms. The summed E-state index contributed by atoms with van der Waals surface area (Å²) in [7, 11) is 4.03. The average molecular weight is 347 g/mol. The summed E-state index contributed by atoms with van der Waals surface area (Å²) in [6, 6.07) is 15.8. The van der Waals surface area contributed by atoms with Gasteiger partial charge in [0.25, 0.3) is 5.91 Å². The van der Waals surface area contributed by atoms with E-state index in [1.165, 1.54) is 11.3 Å². The maximum Gasteiger partial charge on any atom is 0.256 e. The largest absolute Gasteiger partial charge is 0.376 e. The second-order valence-corrected chi connectivity index (χ2v) is 6.85. The van der Waals surface area contributed by atoms with Crippen molar-refractivity contribution in [2.24, 2.45) is 0 Å². The third-order valence-electron chi connectivity index (χ3n) is 4.17. The molecule has 2 aliphatic rings. The second kappa shape index (κ2) is 6.18. The molecule has 1 aromatic heterocycles. The highest BCUT2D eigenvalue weighted by atomic mass is 32.1. The highest BCUT2D eigenvalue weighted by Gasteiger charge is 2.15. The van der Waals surface area contributed by atoms with Gasteiger partial charge in [-0.1, -0.05) is 24.3 Å². The third-order valence-corrected chi connectivity index (χ3v) is 4.85. The zero-order chi connectivity index (χ0) is 17.4. The zero-order valence-electron chi connectivity index (χ0n) is 14.0. The van der Waals surface area contributed by atoms with E-state index in [1.54, 1.807) is 0 Å². The first-order valence-electron chi connectivity index (χ1n) is 7.97. The van der Waals surface area contributed by atoms with Crippen molar-refractivity contribution in [3.05, 3.63) is 64.9 Å². The molecule has 0 radical (unpaired) electrons. The molecule has 124 valence electrons. The Morgan fingerprint density at radius 3 is 2.72 bits per heavy atom. The SMILES string of the molecule is CN(C)c1cccc2c3cccc(NC(=O)c4ccsc4)cc-3nc12. The molecule has 1 aromatic carbocycles. The first-order chi connectivity index (χ1) is 12.1. The number of aromatic nitrogens is 1. The lowest BCUT2D eigenvalue weighted by Crippen LogP contribution is -2.10. The van der Waals surface area contributed by atoms with E-state index in [0.717, 1.165) is 33.5 Å². The Morgan fingerprint density at radius 2 is 1.96 bits per heavy atom. The first-order valence-corrected chi connectivity index (χ1v) is 8.91. The molecular weight excluding hydrogens is 330 g/mol. The molecule has 0 unspecified atom stereocenters. The number of nitrogens with one attached hydrogen (secondary N) is 1. The van der Waals surface area contributed by atoms with E-state index in [2.05, 4.69) is 22.3 Å². The molecule has 5 heteroatoms. The molecule has 1 aliphatic heterocycles. The van der Waals surface area contributed by atoms with Crippen LogP contribution in [0.2, 0.25) is 0 Å². The number of thiophene rings is 1. The fraction of sp³-hybridized carbons (Fsp3) is 0.100. The van der Waals surface area contributed by atoms with Crippen LogP contribution in [0.15, 0.2) is 59.3 Å². The van der Waals surface area contributed by atoms with Crippen LogP contribution in [0.5, 0.6) is 0 Å². The molecule has 2 aromatic rings. The lowest BCUT2D eigenvalue weighted by Gasteiger charge is -2.12. The van der Waals surface area contributed by atoms with Gasteiger partial charge in [0.2, 0.25) is 0 Å². The highest BCUT2D eigenvalue weighted by Crippen LogP contribution is 2.36. The normalized spacial score (nSPS) is 11.0. The van der Waals surface area contributed by atoms with E-state index in [1.807, 2.05) is 61.3 Å². The molecule has 25 heavy (non-hydrogen) atoms. The van der Waals surface area contributed by atoms with Gasteiger partial charge in [0, 0.05) is 36.1 Å². The molecule has 0 atom stereocenters. The maximum atomic E-state index is 12.3. The van der Waals surface area contributed by atoms with E-state index in [0.29, 0.717) is 5.56 Å². The number of benzene rings is 1. The fourth-order valence-electron chi connectivity index (χ4n) is 2.95. The summed E-state index contributed by atoms with van der Waals surface area (Å²) in [6.07, 6.45) is 0. The lowest BCUT2D eigenvalue weighted by molar-refractivity contribution is 0.102. The van der Waals surface area contributed by atoms with Gasteiger partial charge < -0.3 is 10.2 Å². The minimum Gasteiger partial charge on any atom is -0.376 e.